The number of hydrogen-bond acceptors (Lipinski definition) is 4. The summed E-state index contributed by atoms with van der Waals surface area (Å²) in [6, 6.07) is 5.97. The molecule has 3 N–H and O–H groups in total. The first kappa shape index (κ1) is 15.8. The van der Waals surface area contributed by atoms with Gasteiger partial charge in [0, 0.05) is 6.54 Å². The highest BCUT2D eigenvalue weighted by Gasteiger charge is 2.14. The predicted octanol–water partition coefficient (Wildman–Crippen LogP) is 2.17. The van der Waals surface area contributed by atoms with E-state index in [1.54, 1.807) is 14.2 Å². The quantitative estimate of drug-likeness (QED) is 0.708. The molecule has 0 aliphatic heterocycles. The number of hydrogen-bond donors (Lipinski definition) is 2. The second kappa shape index (κ2) is 7.36. The van der Waals surface area contributed by atoms with Gasteiger partial charge in [-0.1, -0.05) is 19.9 Å². The van der Waals surface area contributed by atoms with Gasteiger partial charge in [0.2, 0.25) is 0 Å². The van der Waals surface area contributed by atoms with Crippen LogP contribution in [0.3, 0.4) is 0 Å². The molecular weight excluding hydrogens is 240 g/mol. The number of ether oxygens (including phenoxy) is 2. The first-order valence-corrected chi connectivity index (χ1v) is 6.64. The monoisotopic (exact) mass is 266 g/mol. The molecule has 0 aliphatic rings. The van der Waals surface area contributed by atoms with E-state index in [0.29, 0.717) is 6.54 Å². The summed E-state index contributed by atoms with van der Waals surface area (Å²) in [7, 11) is 3.30. The summed E-state index contributed by atoms with van der Waals surface area (Å²) in [5.41, 5.74) is 7.09. The van der Waals surface area contributed by atoms with Crippen LogP contribution in [-0.4, -0.2) is 27.3 Å². The average Bonchev–Trinajstić information content (AvgIpc) is 2.43. The molecule has 1 aromatic rings. The molecule has 0 aliphatic carbocycles. The minimum absolute atomic E-state index is 0.199. The van der Waals surface area contributed by atoms with Gasteiger partial charge in [0.15, 0.2) is 11.5 Å². The molecule has 0 amide bonds. The van der Waals surface area contributed by atoms with Crippen LogP contribution in [0.4, 0.5) is 0 Å². The lowest BCUT2D eigenvalue weighted by Gasteiger charge is -2.22. The number of nitrogens with one attached hydrogen (secondary N) is 1. The van der Waals surface area contributed by atoms with E-state index in [1.807, 2.05) is 18.2 Å². The van der Waals surface area contributed by atoms with Crippen molar-refractivity contribution in [2.24, 2.45) is 11.1 Å². The van der Waals surface area contributed by atoms with Gasteiger partial charge in [0.1, 0.15) is 0 Å². The zero-order chi connectivity index (χ0) is 14.3. The Morgan fingerprint density at radius 2 is 1.84 bits per heavy atom. The summed E-state index contributed by atoms with van der Waals surface area (Å²) in [6.07, 6.45) is 1.07. The lowest BCUT2D eigenvalue weighted by atomic mass is 9.90. The van der Waals surface area contributed by atoms with Crippen LogP contribution in [0.1, 0.15) is 25.8 Å². The third-order valence-corrected chi connectivity index (χ3v) is 3.31. The first-order valence-electron chi connectivity index (χ1n) is 6.64. The van der Waals surface area contributed by atoms with E-state index >= 15 is 0 Å². The summed E-state index contributed by atoms with van der Waals surface area (Å²) >= 11 is 0. The largest absolute Gasteiger partial charge is 0.493 e. The number of methoxy groups -OCH3 is 2. The molecule has 4 nitrogen and oxygen atoms in total. The number of nitrogens with two attached hydrogens (primary N) is 1. The summed E-state index contributed by atoms with van der Waals surface area (Å²) < 4.78 is 10.5. The van der Waals surface area contributed by atoms with Crippen molar-refractivity contribution in [3.8, 4) is 11.5 Å². The molecule has 0 bridgehead atoms. The van der Waals surface area contributed by atoms with Gasteiger partial charge in [-0.25, -0.2) is 0 Å². The highest BCUT2D eigenvalue weighted by atomic mass is 16.5. The molecule has 0 radical (unpaired) electrons. The molecule has 0 fully saturated rings. The Morgan fingerprint density at radius 1 is 1.16 bits per heavy atom. The molecule has 0 atom stereocenters. The SMILES string of the molecule is COc1ccc(CNCCC(C)(C)CN)cc1OC. The number of rotatable bonds is 8. The van der Waals surface area contributed by atoms with Gasteiger partial charge in [0.25, 0.3) is 0 Å². The van der Waals surface area contributed by atoms with Crippen LogP contribution >= 0.6 is 0 Å². The zero-order valence-corrected chi connectivity index (χ0v) is 12.5. The highest BCUT2D eigenvalue weighted by Crippen LogP contribution is 2.27. The maximum absolute atomic E-state index is 5.71. The van der Waals surface area contributed by atoms with Crippen molar-refractivity contribution in [3.63, 3.8) is 0 Å². The van der Waals surface area contributed by atoms with Crippen molar-refractivity contribution in [1.29, 1.82) is 0 Å². The number of benzene rings is 1. The topological polar surface area (TPSA) is 56.5 Å². The Labute approximate surface area is 116 Å². The lowest BCUT2D eigenvalue weighted by Crippen LogP contribution is -2.28. The first-order chi connectivity index (χ1) is 9.02. The van der Waals surface area contributed by atoms with E-state index in [9.17, 15) is 0 Å². The Kier molecular flexibility index (Phi) is 6.12. The molecule has 108 valence electrons. The molecule has 0 unspecified atom stereocenters. The molecule has 0 heterocycles. The molecule has 0 aromatic heterocycles. The van der Waals surface area contributed by atoms with E-state index < -0.39 is 0 Å². The van der Waals surface area contributed by atoms with Crippen molar-refractivity contribution < 1.29 is 9.47 Å². The fourth-order valence-corrected chi connectivity index (χ4v) is 1.75. The summed E-state index contributed by atoms with van der Waals surface area (Å²) in [5, 5.41) is 3.43. The minimum Gasteiger partial charge on any atom is -0.493 e. The van der Waals surface area contributed by atoms with E-state index in [-0.39, 0.29) is 5.41 Å². The van der Waals surface area contributed by atoms with Gasteiger partial charge in [-0.05, 0) is 42.6 Å². The van der Waals surface area contributed by atoms with Gasteiger partial charge in [-0.15, -0.1) is 0 Å². The van der Waals surface area contributed by atoms with Crippen LogP contribution in [0, 0.1) is 5.41 Å². The Hall–Kier alpha value is -1.26. The standard InChI is InChI=1S/C15H26N2O2/c1-15(2,11-16)7-8-17-10-12-5-6-13(18-3)14(9-12)19-4/h5-6,9,17H,7-8,10-11,16H2,1-4H3. The molecule has 0 saturated heterocycles. The fraction of sp³-hybridized carbons (Fsp3) is 0.600. The van der Waals surface area contributed by atoms with Gasteiger partial charge in [-0.3, -0.25) is 0 Å². The second-order valence-electron chi connectivity index (χ2n) is 5.48. The minimum atomic E-state index is 0.199. The normalized spacial score (nSPS) is 11.4. The second-order valence-corrected chi connectivity index (χ2v) is 5.48. The van der Waals surface area contributed by atoms with Crippen molar-refractivity contribution in [2.75, 3.05) is 27.3 Å². The van der Waals surface area contributed by atoms with Crippen LogP contribution in [0.15, 0.2) is 18.2 Å². The zero-order valence-electron chi connectivity index (χ0n) is 12.5. The molecular formula is C15H26N2O2. The predicted molar refractivity (Wildman–Crippen MR) is 78.7 cm³/mol. The maximum atomic E-state index is 5.71. The Bertz CT molecular complexity index is 392. The Balaban J connectivity index is 2.46. The molecule has 4 heteroatoms. The third kappa shape index (κ3) is 5.09. The molecule has 0 spiro atoms. The molecule has 1 rings (SSSR count). The Morgan fingerprint density at radius 3 is 2.42 bits per heavy atom. The smallest absolute Gasteiger partial charge is 0.161 e. The van der Waals surface area contributed by atoms with Crippen molar-refractivity contribution in [2.45, 2.75) is 26.8 Å². The summed E-state index contributed by atoms with van der Waals surface area (Å²) in [4.78, 5) is 0. The highest BCUT2D eigenvalue weighted by molar-refractivity contribution is 5.42. The lowest BCUT2D eigenvalue weighted by molar-refractivity contribution is 0.338. The van der Waals surface area contributed by atoms with Crippen molar-refractivity contribution in [1.82, 2.24) is 5.32 Å². The van der Waals surface area contributed by atoms with Crippen molar-refractivity contribution in [3.05, 3.63) is 23.8 Å². The average molecular weight is 266 g/mol. The van der Waals surface area contributed by atoms with Gasteiger partial charge in [-0.2, -0.15) is 0 Å². The molecule has 0 saturated carbocycles. The summed E-state index contributed by atoms with van der Waals surface area (Å²) in [6.45, 7) is 6.86. The van der Waals surface area contributed by atoms with Crippen LogP contribution < -0.4 is 20.5 Å². The van der Waals surface area contributed by atoms with Crippen molar-refractivity contribution >= 4 is 0 Å². The van der Waals surface area contributed by atoms with Crippen LogP contribution in [-0.2, 0) is 6.54 Å². The van der Waals surface area contributed by atoms with Crippen LogP contribution in [0.5, 0.6) is 11.5 Å². The molecule has 19 heavy (non-hydrogen) atoms. The summed E-state index contributed by atoms with van der Waals surface area (Å²) in [5.74, 6) is 1.53. The van der Waals surface area contributed by atoms with E-state index in [0.717, 1.165) is 31.0 Å². The maximum Gasteiger partial charge on any atom is 0.161 e. The van der Waals surface area contributed by atoms with Crippen LogP contribution in [0.2, 0.25) is 0 Å². The van der Waals surface area contributed by atoms with E-state index in [4.69, 9.17) is 15.2 Å². The van der Waals surface area contributed by atoms with E-state index in [2.05, 4.69) is 19.2 Å². The molecule has 1 aromatic carbocycles. The fourth-order valence-electron chi connectivity index (χ4n) is 1.75. The van der Waals surface area contributed by atoms with Crippen LogP contribution in [0.25, 0.3) is 0 Å². The van der Waals surface area contributed by atoms with Gasteiger partial charge >= 0.3 is 0 Å². The third-order valence-electron chi connectivity index (χ3n) is 3.31. The van der Waals surface area contributed by atoms with Gasteiger partial charge in [0.05, 0.1) is 14.2 Å². The van der Waals surface area contributed by atoms with Gasteiger partial charge < -0.3 is 20.5 Å². The van der Waals surface area contributed by atoms with E-state index in [1.165, 1.54) is 5.56 Å².